The van der Waals surface area contributed by atoms with Gasteiger partial charge in [0.2, 0.25) is 0 Å². The first-order valence-corrected chi connectivity index (χ1v) is 32.6. The fourth-order valence-corrected chi connectivity index (χ4v) is 9.17. The maximum atomic E-state index is 12.3. The van der Waals surface area contributed by atoms with E-state index in [-0.39, 0.29) is 25.2 Å². The van der Waals surface area contributed by atoms with E-state index in [1.807, 2.05) is 0 Å². The molecule has 0 radical (unpaired) electrons. The third-order valence-electron chi connectivity index (χ3n) is 14.0. The summed E-state index contributed by atoms with van der Waals surface area (Å²) in [5, 5.41) is 9.68. The maximum Gasteiger partial charge on any atom is 0.306 e. The van der Waals surface area contributed by atoms with Crippen LogP contribution in [0.3, 0.4) is 0 Å². The molecule has 0 saturated heterocycles. The van der Waals surface area contributed by atoms with Gasteiger partial charge in [0.15, 0.2) is 6.10 Å². The van der Waals surface area contributed by atoms with E-state index in [0.29, 0.717) is 12.8 Å². The van der Waals surface area contributed by atoms with Gasteiger partial charge in [-0.2, -0.15) is 0 Å². The van der Waals surface area contributed by atoms with Crippen LogP contribution in [0.5, 0.6) is 0 Å². The predicted molar refractivity (Wildman–Crippen MR) is 338 cm³/mol. The van der Waals surface area contributed by atoms with Crippen molar-refractivity contribution in [3.63, 3.8) is 0 Å². The minimum absolute atomic E-state index is 0.0715. The largest absolute Gasteiger partial charge is 0.462 e. The van der Waals surface area contributed by atoms with Crippen LogP contribution in [0.2, 0.25) is 0 Å². The number of hydrogen-bond donors (Lipinski definition) is 1. The zero-order chi connectivity index (χ0) is 55.5. The molecule has 0 aliphatic heterocycles. The van der Waals surface area contributed by atoms with Gasteiger partial charge in [0.1, 0.15) is 6.61 Å². The first kappa shape index (κ1) is 73.3. The van der Waals surface area contributed by atoms with Crippen molar-refractivity contribution in [1.29, 1.82) is 0 Å². The molecule has 0 aliphatic carbocycles. The van der Waals surface area contributed by atoms with Gasteiger partial charge in [-0.15, -0.1) is 0 Å². The quantitative estimate of drug-likeness (QED) is 0.0373. The molecule has 440 valence electrons. The first-order valence-electron chi connectivity index (χ1n) is 32.6. The molecule has 0 rings (SSSR count). The molecule has 0 heterocycles. The highest BCUT2D eigenvalue weighted by Crippen LogP contribution is 2.17. The molecule has 1 unspecified atom stereocenters. The number of unbranched alkanes of at least 4 members (excludes halogenated alkanes) is 31. The third-order valence-corrected chi connectivity index (χ3v) is 14.0. The molecule has 0 spiro atoms. The summed E-state index contributed by atoms with van der Waals surface area (Å²) in [5.41, 5.74) is 0. The number of allylic oxidation sites excluding steroid dienone is 20. The van der Waals surface area contributed by atoms with Gasteiger partial charge >= 0.3 is 11.9 Å². The molecule has 0 aromatic rings. The monoisotopic (exact) mass is 1070 g/mol. The Balaban J connectivity index is 3.56. The van der Waals surface area contributed by atoms with Crippen molar-refractivity contribution < 1.29 is 24.2 Å². The fourth-order valence-electron chi connectivity index (χ4n) is 9.17. The lowest BCUT2D eigenvalue weighted by molar-refractivity contribution is -0.161. The standard InChI is InChI=1S/C72H122O5/c1-3-5-7-9-11-13-15-17-19-21-23-25-27-29-30-31-32-33-34-35-36-37-38-39-40-41-42-43-45-47-49-51-53-55-57-59-61-63-65-67-72(75)77-70(68-73)69-76-71(74)66-64-62-60-58-56-54-52-50-48-46-44-28-26-24-22-20-18-16-14-12-10-8-6-4-2/h5,7,11,13,17,19,23,25,29-30,32-33,35-36,38-39,41-42,45,47,70,73H,3-4,6,8-10,12,14-16,18,20-22,24,26-28,31,34,37,40,43-44,46,48-69H2,1-2H3/b7-5-,13-11-,19-17-,25-23-,30-29-,33-32-,36-35-,39-38-,42-41-,47-45-. The Bertz CT molecular complexity index is 1540. The average Bonchev–Trinajstić information content (AvgIpc) is 3.43. The number of rotatable bonds is 59. The van der Waals surface area contributed by atoms with Crippen LogP contribution >= 0.6 is 0 Å². The van der Waals surface area contributed by atoms with Crippen molar-refractivity contribution >= 4 is 11.9 Å². The molecule has 0 saturated carbocycles. The van der Waals surface area contributed by atoms with Crippen LogP contribution in [0.1, 0.15) is 303 Å². The molecule has 0 aromatic carbocycles. The minimum Gasteiger partial charge on any atom is -0.462 e. The van der Waals surface area contributed by atoms with Crippen LogP contribution in [-0.2, 0) is 19.1 Å². The van der Waals surface area contributed by atoms with Crippen LogP contribution in [0, 0.1) is 0 Å². The van der Waals surface area contributed by atoms with E-state index < -0.39 is 6.10 Å². The number of aliphatic hydroxyl groups is 1. The number of hydrogen-bond acceptors (Lipinski definition) is 5. The molecule has 1 atom stereocenters. The highest BCUT2D eigenvalue weighted by Gasteiger charge is 2.16. The van der Waals surface area contributed by atoms with Gasteiger partial charge in [-0.1, -0.05) is 322 Å². The maximum absolute atomic E-state index is 12.3. The van der Waals surface area contributed by atoms with Crippen molar-refractivity contribution in [3.05, 3.63) is 122 Å². The van der Waals surface area contributed by atoms with E-state index in [1.54, 1.807) is 0 Å². The Hall–Kier alpha value is -3.70. The molecule has 5 heteroatoms. The van der Waals surface area contributed by atoms with Crippen molar-refractivity contribution in [1.82, 2.24) is 0 Å². The Morgan fingerprint density at radius 2 is 0.558 bits per heavy atom. The van der Waals surface area contributed by atoms with Gasteiger partial charge in [0.25, 0.3) is 0 Å². The number of carbonyl (C=O) groups is 2. The van der Waals surface area contributed by atoms with Crippen molar-refractivity contribution in [2.45, 2.75) is 309 Å². The highest BCUT2D eigenvalue weighted by atomic mass is 16.6. The van der Waals surface area contributed by atoms with Crippen LogP contribution in [-0.4, -0.2) is 36.4 Å². The highest BCUT2D eigenvalue weighted by molar-refractivity contribution is 5.70. The fraction of sp³-hybridized carbons (Fsp3) is 0.694. The van der Waals surface area contributed by atoms with E-state index >= 15 is 0 Å². The molecule has 0 fully saturated rings. The van der Waals surface area contributed by atoms with Gasteiger partial charge in [0.05, 0.1) is 6.61 Å². The second-order valence-electron chi connectivity index (χ2n) is 21.5. The molecule has 0 bridgehead atoms. The summed E-state index contributed by atoms with van der Waals surface area (Å²) in [6.07, 6.45) is 97.7. The number of aliphatic hydroxyl groups excluding tert-OH is 1. The first-order chi connectivity index (χ1) is 38.1. The summed E-state index contributed by atoms with van der Waals surface area (Å²) >= 11 is 0. The summed E-state index contributed by atoms with van der Waals surface area (Å²) in [6.45, 7) is 4.05. The molecule has 0 amide bonds. The molecule has 5 nitrogen and oxygen atoms in total. The van der Waals surface area contributed by atoms with Crippen molar-refractivity contribution in [2.75, 3.05) is 13.2 Å². The van der Waals surface area contributed by atoms with Crippen LogP contribution in [0.4, 0.5) is 0 Å². The summed E-state index contributed by atoms with van der Waals surface area (Å²) < 4.78 is 10.7. The van der Waals surface area contributed by atoms with Crippen molar-refractivity contribution in [2.24, 2.45) is 0 Å². The normalized spacial score (nSPS) is 13.0. The lowest BCUT2D eigenvalue weighted by atomic mass is 10.0. The lowest BCUT2D eigenvalue weighted by Crippen LogP contribution is -2.28. The van der Waals surface area contributed by atoms with E-state index in [2.05, 4.69) is 135 Å². The van der Waals surface area contributed by atoms with Crippen LogP contribution in [0.25, 0.3) is 0 Å². The second kappa shape index (κ2) is 66.6. The summed E-state index contributed by atoms with van der Waals surface area (Å²) in [6, 6.07) is 0. The smallest absolute Gasteiger partial charge is 0.306 e. The molecular formula is C72H122O5. The molecule has 0 aliphatic rings. The molecular weight excluding hydrogens is 945 g/mol. The van der Waals surface area contributed by atoms with Crippen LogP contribution in [0.15, 0.2) is 122 Å². The minimum atomic E-state index is -0.783. The van der Waals surface area contributed by atoms with Gasteiger partial charge in [-0.25, -0.2) is 0 Å². The van der Waals surface area contributed by atoms with E-state index in [9.17, 15) is 14.7 Å². The Labute approximate surface area is 477 Å². The number of esters is 2. The zero-order valence-electron chi connectivity index (χ0n) is 50.4. The van der Waals surface area contributed by atoms with Gasteiger partial charge in [-0.3, -0.25) is 9.59 Å². The van der Waals surface area contributed by atoms with Crippen molar-refractivity contribution in [3.8, 4) is 0 Å². The summed E-state index contributed by atoms with van der Waals surface area (Å²) in [4.78, 5) is 24.6. The van der Waals surface area contributed by atoms with E-state index in [4.69, 9.17) is 9.47 Å². The SMILES string of the molecule is CC/C=C\C/C=C\C/C=C\C/C=C\C/C=C\C/C=C\C/C=C\C/C=C\C/C=C\C/C=C\CCCCCCCCCCC(=O)OC(CO)COC(=O)CCCCCCCCCCCCCCCCCCCCCCCCCC. The molecule has 77 heavy (non-hydrogen) atoms. The Kier molecular flexibility index (Phi) is 63.4. The topological polar surface area (TPSA) is 72.8 Å². The number of ether oxygens (including phenoxy) is 2. The third kappa shape index (κ3) is 64.7. The lowest BCUT2D eigenvalue weighted by Gasteiger charge is -2.15. The Morgan fingerprint density at radius 1 is 0.312 bits per heavy atom. The number of carbonyl (C=O) groups excluding carboxylic acids is 2. The zero-order valence-corrected chi connectivity index (χ0v) is 50.4. The summed E-state index contributed by atoms with van der Waals surface area (Å²) in [5.74, 6) is -0.594. The van der Waals surface area contributed by atoms with Gasteiger partial charge < -0.3 is 14.6 Å². The van der Waals surface area contributed by atoms with Gasteiger partial charge in [0, 0.05) is 12.8 Å². The average molecular weight is 1070 g/mol. The van der Waals surface area contributed by atoms with E-state index in [1.165, 1.54) is 167 Å². The molecule has 0 aromatic heterocycles. The second-order valence-corrected chi connectivity index (χ2v) is 21.5. The van der Waals surface area contributed by atoms with Crippen LogP contribution < -0.4 is 0 Å². The van der Waals surface area contributed by atoms with Gasteiger partial charge in [-0.05, 0) is 89.9 Å². The predicted octanol–water partition coefficient (Wildman–Crippen LogP) is 22.6. The van der Waals surface area contributed by atoms with E-state index in [0.717, 1.165) is 109 Å². The summed E-state index contributed by atoms with van der Waals surface area (Å²) in [7, 11) is 0. The molecule has 1 N–H and O–H groups in total. The Morgan fingerprint density at radius 3 is 0.844 bits per heavy atom.